The molecule has 4 heteroatoms. The van der Waals surface area contributed by atoms with Gasteiger partial charge in [-0.25, -0.2) is 9.97 Å². The Labute approximate surface area is 136 Å². The molecule has 2 aromatic rings. The van der Waals surface area contributed by atoms with Crippen LogP contribution in [0.5, 0.6) is 0 Å². The van der Waals surface area contributed by atoms with E-state index in [0.717, 1.165) is 11.7 Å². The quantitative estimate of drug-likeness (QED) is 0.870. The molecule has 1 N–H and O–H groups in total. The SMILES string of the molecule is CCC1CCC(Nc2ncnc3sc4c(c23)CCCC4)CC1. The molecule has 4 rings (SSSR count). The minimum Gasteiger partial charge on any atom is -0.367 e. The van der Waals surface area contributed by atoms with Gasteiger partial charge < -0.3 is 5.32 Å². The lowest BCUT2D eigenvalue weighted by atomic mass is 9.84. The molecule has 22 heavy (non-hydrogen) atoms. The molecule has 0 radical (unpaired) electrons. The number of hydrogen-bond acceptors (Lipinski definition) is 4. The largest absolute Gasteiger partial charge is 0.367 e. The van der Waals surface area contributed by atoms with Crippen molar-refractivity contribution in [2.24, 2.45) is 5.92 Å². The van der Waals surface area contributed by atoms with Gasteiger partial charge in [0, 0.05) is 10.9 Å². The highest BCUT2D eigenvalue weighted by Gasteiger charge is 2.23. The molecule has 0 unspecified atom stereocenters. The monoisotopic (exact) mass is 315 g/mol. The van der Waals surface area contributed by atoms with Crippen LogP contribution in [0.4, 0.5) is 5.82 Å². The summed E-state index contributed by atoms with van der Waals surface area (Å²) in [5.41, 5.74) is 1.54. The standard InChI is InChI=1S/C18H25N3S/c1-2-12-7-9-13(10-8-12)21-17-16-14-5-3-4-6-15(14)22-18(16)20-11-19-17/h11-13H,2-10H2,1H3,(H,19,20,21). The summed E-state index contributed by atoms with van der Waals surface area (Å²) in [6, 6.07) is 0.597. The van der Waals surface area contributed by atoms with Gasteiger partial charge in [-0.3, -0.25) is 0 Å². The molecule has 0 spiro atoms. The Morgan fingerprint density at radius 1 is 1.14 bits per heavy atom. The van der Waals surface area contributed by atoms with E-state index in [1.165, 1.54) is 73.6 Å². The van der Waals surface area contributed by atoms with E-state index in [4.69, 9.17) is 0 Å². The second kappa shape index (κ2) is 6.15. The zero-order chi connectivity index (χ0) is 14.9. The third-order valence-electron chi connectivity index (χ3n) is 5.52. The molecule has 2 aromatic heterocycles. The molecule has 2 aliphatic rings. The molecule has 2 heterocycles. The molecule has 3 nitrogen and oxygen atoms in total. The molecular weight excluding hydrogens is 290 g/mol. The normalized spacial score (nSPS) is 25.1. The maximum absolute atomic E-state index is 4.60. The van der Waals surface area contributed by atoms with Crippen LogP contribution in [-0.4, -0.2) is 16.0 Å². The lowest BCUT2D eigenvalue weighted by molar-refractivity contribution is 0.330. The minimum absolute atomic E-state index is 0.597. The highest BCUT2D eigenvalue weighted by atomic mass is 32.1. The van der Waals surface area contributed by atoms with E-state index in [9.17, 15) is 0 Å². The first-order valence-electron chi connectivity index (χ1n) is 8.87. The van der Waals surface area contributed by atoms with Crippen molar-refractivity contribution in [3.8, 4) is 0 Å². The highest BCUT2D eigenvalue weighted by Crippen LogP contribution is 2.39. The fourth-order valence-electron chi connectivity index (χ4n) is 4.11. The van der Waals surface area contributed by atoms with Crippen molar-refractivity contribution < 1.29 is 0 Å². The Bertz CT molecular complexity index is 656. The van der Waals surface area contributed by atoms with Gasteiger partial charge in [0.25, 0.3) is 0 Å². The van der Waals surface area contributed by atoms with Crippen molar-refractivity contribution in [3.63, 3.8) is 0 Å². The van der Waals surface area contributed by atoms with Gasteiger partial charge in [-0.1, -0.05) is 13.3 Å². The third kappa shape index (κ3) is 2.62. The van der Waals surface area contributed by atoms with E-state index in [1.54, 1.807) is 11.2 Å². The summed E-state index contributed by atoms with van der Waals surface area (Å²) < 4.78 is 0. The maximum Gasteiger partial charge on any atom is 0.138 e. The van der Waals surface area contributed by atoms with Gasteiger partial charge >= 0.3 is 0 Å². The van der Waals surface area contributed by atoms with Crippen LogP contribution in [-0.2, 0) is 12.8 Å². The van der Waals surface area contributed by atoms with Crippen molar-refractivity contribution in [3.05, 3.63) is 16.8 Å². The second-order valence-corrected chi connectivity index (χ2v) is 7.97. The fraction of sp³-hybridized carbons (Fsp3) is 0.667. The lowest BCUT2D eigenvalue weighted by Crippen LogP contribution is -2.26. The molecule has 0 amide bonds. The molecule has 2 aliphatic carbocycles. The predicted octanol–water partition coefficient (Wildman–Crippen LogP) is 4.95. The van der Waals surface area contributed by atoms with Crippen LogP contribution in [0, 0.1) is 5.92 Å². The molecule has 0 saturated heterocycles. The Balaban J connectivity index is 1.60. The van der Waals surface area contributed by atoms with Crippen LogP contribution in [0.25, 0.3) is 10.2 Å². The summed E-state index contributed by atoms with van der Waals surface area (Å²) in [7, 11) is 0. The van der Waals surface area contributed by atoms with Gasteiger partial charge in [-0.15, -0.1) is 11.3 Å². The van der Waals surface area contributed by atoms with E-state index in [-0.39, 0.29) is 0 Å². The number of aryl methyl sites for hydroxylation is 2. The number of rotatable bonds is 3. The van der Waals surface area contributed by atoms with E-state index in [0.29, 0.717) is 6.04 Å². The smallest absolute Gasteiger partial charge is 0.138 e. The molecule has 0 bridgehead atoms. The summed E-state index contributed by atoms with van der Waals surface area (Å²) in [4.78, 5) is 11.9. The van der Waals surface area contributed by atoms with Crippen LogP contribution < -0.4 is 5.32 Å². The lowest BCUT2D eigenvalue weighted by Gasteiger charge is -2.29. The topological polar surface area (TPSA) is 37.8 Å². The molecule has 118 valence electrons. The van der Waals surface area contributed by atoms with Gasteiger partial charge in [0.2, 0.25) is 0 Å². The van der Waals surface area contributed by atoms with Crippen molar-refractivity contribution in [2.45, 2.75) is 70.8 Å². The fourth-order valence-corrected chi connectivity index (χ4v) is 5.34. The van der Waals surface area contributed by atoms with Crippen molar-refractivity contribution >= 4 is 27.4 Å². The van der Waals surface area contributed by atoms with Gasteiger partial charge in [-0.05, 0) is 62.8 Å². The highest BCUT2D eigenvalue weighted by molar-refractivity contribution is 7.19. The Hall–Kier alpha value is -1.16. The number of anilines is 1. The van der Waals surface area contributed by atoms with E-state index < -0.39 is 0 Å². The number of nitrogens with zero attached hydrogens (tertiary/aromatic N) is 2. The number of thiophene rings is 1. The summed E-state index contributed by atoms with van der Waals surface area (Å²) >= 11 is 1.89. The average Bonchev–Trinajstić information content (AvgIpc) is 2.95. The van der Waals surface area contributed by atoms with Gasteiger partial charge in [0.05, 0.1) is 5.39 Å². The first-order chi connectivity index (χ1) is 10.8. The third-order valence-corrected chi connectivity index (χ3v) is 6.72. The van der Waals surface area contributed by atoms with Crippen LogP contribution in [0.2, 0.25) is 0 Å². The Morgan fingerprint density at radius 2 is 1.95 bits per heavy atom. The van der Waals surface area contributed by atoms with E-state index in [1.807, 2.05) is 11.3 Å². The molecule has 1 saturated carbocycles. The zero-order valence-electron chi connectivity index (χ0n) is 13.4. The molecule has 0 atom stereocenters. The number of nitrogens with one attached hydrogen (secondary N) is 1. The van der Waals surface area contributed by atoms with Gasteiger partial charge in [0.15, 0.2) is 0 Å². The summed E-state index contributed by atoms with van der Waals surface area (Å²) in [6.45, 7) is 2.32. The maximum atomic E-state index is 4.60. The average molecular weight is 315 g/mol. The number of hydrogen-bond donors (Lipinski definition) is 1. The molecule has 0 aromatic carbocycles. The van der Waals surface area contributed by atoms with Crippen molar-refractivity contribution in [1.82, 2.24) is 9.97 Å². The Kier molecular flexibility index (Phi) is 4.03. The summed E-state index contributed by atoms with van der Waals surface area (Å²) in [5.74, 6) is 2.04. The van der Waals surface area contributed by atoms with Gasteiger partial charge in [-0.2, -0.15) is 0 Å². The molecule has 1 fully saturated rings. The second-order valence-electron chi connectivity index (χ2n) is 6.88. The molecular formula is C18H25N3S. The van der Waals surface area contributed by atoms with Crippen molar-refractivity contribution in [2.75, 3.05) is 5.32 Å². The first kappa shape index (κ1) is 14.4. The van der Waals surface area contributed by atoms with Crippen molar-refractivity contribution in [1.29, 1.82) is 0 Å². The molecule has 0 aliphatic heterocycles. The van der Waals surface area contributed by atoms with E-state index >= 15 is 0 Å². The van der Waals surface area contributed by atoms with Crippen LogP contribution in [0.1, 0.15) is 62.3 Å². The first-order valence-corrected chi connectivity index (χ1v) is 9.68. The summed E-state index contributed by atoms with van der Waals surface area (Å²) in [6.07, 6.45) is 13.5. The Morgan fingerprint density at radius 3 is 2.77 bits per heavy atom. The van der Waals surface area contributed by atoms with Crippen LogP contribution in [0.15, 0.2) is 6.33 Å². The number of aromatic nitrogens is 2. The predicted molar refractivity (Wildman–Crippen MR) is 93.7 cm³/mol. The van der Waals surface area contributed by atoms with Crippen LogP contribution >= 0.6 is 11.3 Å². The summed E-state index contributed by atoms with van der Waals surface area (Å²) in [5, 5.41) is 5.09. The van der Waals surface area contributed by atoms with Crippen LogP contribution in [0.3, 0.4) is 0 Å². The van der Waals surface area contributed by atoms with Gasteiger partial charge in [0.1, 0.15) is 17.0 Å². The van der Waals surface area contributed by atoms with E-state index in [2.05, 4.69) is 22.2 Å². The zero-order valence-corrected chi connectivity index (χ0v) is 14.2. The number of fused-ring (bicyclic) bond motifs is 3. The minimum atomic E-state index is 0.597.